The summed E-state index contributed by atoms with van der Waals surface area (Å²) in [7, 11) is 0. The summed E-state index contributed by atoms with van der Waals surface area (Å²) in [5.41, 5.74) is 1.66. The van der Waals surface area contributed by atoms with E-state index in [1.54, 1.807) is 0 Å². The first kappa shape index (κ1) is 12.4. The Balaban J connectivity index is 2.20. The third-order valence-electron chi connectivity index (χ3n) is 3.93. The molecule has 0 saturated heterocycles. The van der Waals surface area contributed by atoms with E-state index >= 15 is 0 Å². The number of anilines is 1. The highest BCUT2D eigenvalue weighted by molar-refractivity contribution is 9.10. The molecule has 3 unspecified atom stereocenters. The molecule has 0 heterocycles. The maximum atomic E-state index is 9.17. The first-order valence-corrected chi connectivity index (χ1v) is 6.88. The summed E-state index contributed by atoms with van der Waals surface area (Å²) in [6.45, 7) is 4.60. The van der Waals surface area contributed by atoms with Gasteiger partial charge in [0.25, 0.3) is 0 Å². The maximum Gasteiger partial charge on any atom is 0.103 e. The van der Waals surface area contributed by atoms with Gasteiger partial charge in [0, 0.05) is 10.5 Å². The van der Waals surface area contributed by atoms with Crippen LogP contribution in [0.15, 0.2) is 22.7 Å². The number of halogens is 1. The van der Waals surface area contributed by atoms with E-state index in [2.05, 4.69) is 41.2 Å². The van der Waals surface area contributed by atoms with Crippen LogP contribution in [0.4, 0.5) is 5.69 Å². The van der Waals surface area contributed by atoms with E-state index in [-0.39, 0.29) is 0 Å². The van der Waals surface area contributed by atoms with Gasteiger partial charge in [-0.1, -0.05) is 19.9 Å². The van der Waals surface area contributed by atoms with Crippen LogP contribution in [-0.2, 0) is 0 Å². The minimum Gasteiger partial charge on any atom is -0.381 e. The number of nitrogens with one attached hydrogen (secondary N) is 1. The molecule has 1 aliphatic carbocycles. The van der Waals surface area contributed by atoms with Crippen molar-refractivity contribution in [1.29, 1.82) is 5.26 Å². The zero-order valence-electron chi connectivity index (χ0n) is 10.2. The van der Waals surface area contributed by atoms with Gasteiger partial charge >= 0.3 is 0 Å². The monoisotopic (exact) mass is 292 g/mol. The molecule has 1 aromatic carbocycles. The van der Waals surface area contributed by atoms with Crippen LogP contribution in [0.25, 0.3) is 0 Å². The Hall–Kier alpha value is -1.01. The molecule has 0 aliphatic heterocycles. The summed E-state index contributed by atoms with van der Waals surface area (Å²) in [6, 6.07) is 8.61. The van der Waals surface area contributed by atoms with Gasteiger partial charge in [-0.3, -0.25) is 0 Å². The van der Waals surface area contributed by atoms with E-state index in [0.29, 0.717) is 17.5 Å². The molecule has 1 aliphatic rings. The van der Waals surface area contributed by atoms with E-state index in [1.807, 2.05) is 18.2 Å². The highest BCUT2D eigenvalue weighted by Gasteiger charge is 2.29. The molecule has 1 saturated carbocycles. The molecule has 0 spiro atoms. The predicted octanol–water partition coefficient (Wildman–Crippen LogP) is 4.17. The molecule has 2 nitrogen and oxygen atoms in total. The fraction of sp³-hybridized carbons (Fsp3) is 0.500. The number of nitriles is 1. The lowest BCUT2D eigenvalue weighted by Gasteiger charge is -2.21. The van der Waals surface area contributed by atoms with Crippen LogP contribution in [0, 0.1) is 23.2 Å². The lowest BCUT2D eigenvalue weighted by atomic mass is 9.97. The van der Waals surface area contributed by atoms with Gasteiger partial charge in [0.1, 0.15) is 6.07 Å². The van der Waals surface area contributed by atoms with E-state index in [1.165, 1.54) is 12.8 Å². The van der Waals surface area contributed by atoms with Crippen LogP contribution in [0.2, 0.25) is 0 Å². The lowest BCUT2D eigenvalue weighted by molar-refractivity contribution is 0.435. The number of nitrogens with zero attached hydrogens (tertiary/aromatic N) is 1. The Kier molecular flexibility index (Phi) is 3.73. The largest absolute Gasteiger partial charge is 0.381 e. The Labute approximate surface area is 111 Å². The number of hydrogen-bond acceptors (Lipinski definition) is 2. The molecule has 2 rings (SSSR count). The molecule has 90 valence electrons. The Bertz CT molecular complexity index is 450. The van der Waals surface area contributed by atoms with Gasteiger partial charge in [0.2, 0.25) is 0 Å². The van der Waals surface area contributed by atoms with Gasteiger partial charge in [-0.05, 0) is 52.7 Å². The highest BCUT2D eigenvalue weighted by Crippen LogP contribution is 2.34. The Morgan fingerprint density at radius 1 is 1.35 bits per heavy atom. The van der Waals surface area contributed by atoms with Gasteiger partial charge in [-0.2, -0.15) is 5.26 Å². The van der Waals surface area contributed by atoms with Crippen molar-refractivity contribution >= 4 is 21.6 Å². The molecule has 0 aromatic heterocycles. The van der Waals surface area contributed by atoms with Crippen LogP contribution < -0.4 is 5.32 Å². The second-order valence-corrected chi connectivity index (χ2v) is 5.79. The van der Waals surface area contributed by atoms with E-state index in [0.717, 1.165) is 16.1 Å². The first-order chi connectivity index (χ1) is 8.13. The minimum atomic E-state index is 0.492. The SMILES string of the molecule is CC1CCC(Nc2cccc(Br)c2C#N)C1C. The molecule has 0 amide bonds. The van der Waals surface area contributed by atoms with E-state index in [4.69, 9.17) is 0 Å². The zero-order chi connectivity index (χ0) is 12.4. The third-order valence-corrected chi connectivity index (χ3v) is 4.59. The number of benzene rings is 1. The number of rotatable bonds is 2. The van der Waals surface area contributed by atoms with Gasteiger partial charge in [-0.25, -0.2) is 0 Å². The molecule has 0 bridgehead atoms. The Morgan fingerprint density at radius 2 is 2.12 bits per heavy atom. The first-order valence-electron chi connectivity index (χ1n) is 6.08. The second kappa shape index (κ2) is 5.10. The van der Waals surface area contributed by atoms with Crippen LogP contribution in [0.3, 0.4) is 0 Å². The van der Waals surface area contributed by atoms with Crippen LogP contribution in [-0.4, -0.2) is 6.04 Å². The van der Waals surface area contributed by atoms with Gasteiger partial charge < -0.3 is 5.32 Å². The third kappa shape index (κ3) is 2.47. The van der Waals surface area contributed by atoms with Gasteiger partial charge in [0.15, 0.2) is 0 Å². The molecule has 1 N–H and O–H groups in total. The maximum absolute atomic E-state index is 9.17. The van der Waals surface area contributed by atoms with Crippen molar-refractivity contribution in [2.75, 3.05) is 5.32 Å². The summed E-state index contributed by atoms with van der Waals surface area (Å²) < 4.78 is 0.865. The van der Waals surface area contributed by atoms with E-state index < -0.39 is 0 Å². The average Bonchev–Trinajstić information content (AvgIpc) is 2.61. The summed E-state index contributed by atoms with van der Waals surface area (Å²) in [6.07, 6.45) is 2.47. The molecular formula is C14H17BrN2. The standard InChI is InChI=1S/C14H17BrN2/c1-9-6-7-13(10(9)2)17-14-5-3-4-12(15)11(14)8-16/h3-5,9-10,13,17H,6-7H2,1-2H3. The fourth-order valence-electron chi connectivity index (χ4n) is 2.53. The smallest absolute Gasteiger partial charge is 0.103 e. The van der Waals surface area contributed by atoms with E-state index in [9.17, 15) is 5.26 Å². The van der Waals surface area contributed by atoms with Crippen molar-refractivity contribution in [2.45, 2.75) is 32.7 Å². The summed E-state index contributed by atoms with van der Waals surface area (Å²) in [5, 5.41) is 12.7. The highest BCUT2D eigenvalue weighted by atomic mass is 79.9. The molecule has 17 heavy (non-hydrogen) atoms. The second-order valence-electron chi connectivity index (χ2n) is 4.94. The molecule has 3 heteroatoms. The molecule has 0 radical (unpaired) electrons. The number of hydrogen-bond donors (Lipinski definition) is 1. The molecule has 1 aromatic rings. The lowest BCUT2D eigenvalue weighted by Crippen LogP contribution is -2.24. The topological polar surface area (TPSA) is 35.8 Å². The predicted molar refractivity (Wildman–Crippen MR) is 73.8 cm³/mol. The van der Waals surface area contributed by atoms with Crippen LogP contribution in [0.1, 0.15) is 32.3 Å². The average molecular weight is 293 g/mol. The summed E-state index contributed by atoms with van der Waals surface area (Å²) >= 11 is 3.42. The van der Waals surface area contributed by atoms with Crippen molar-refractivity contribution in [3.05, 3.63) is 28.2 Å². The quantitative estimate of drug-likeness (QED) is 0.888. The van der Waals surface area contributed by atoms with Crippen molar-refractivity contribution in [3.63, 3.8) is 0 Å². The van der Waals surface area contributed by atoms with Crippen molar-refractivity contribution in [2.24, 2.45) is 11.8 Å². The zero-order valence-corrected chi connectivity index (χ0v) is 11.8. The van der Waals surface area contributed by atoms with Gasteiger partial charge in [0.05, 0.1) is 11.3 Å². The van der Waals surface area contributed by atoms with Crippen molar-refractivity contribution < 1.29 is 0 Å². The Morgan fingerprint density at radius 3 is 2.71 bits per heavy atom. The minimum absolute atomic E-state index is 0.492. The summed E-state index contributed by atoms with van der Waals surface area (Å²) in [4.78, 5) is 0. The van der Waals surface area contributed by atoms with Crippen molar-refractivity contribution in [3.8, 4) is 6.07 Å². The van der Waals surface area contributed by atoms with Gasteiger partial charge in [-0.15, -0.1) is 0 Å². The van der Waals surface area contributed by atoms with Crippen molar-refractivity contribution in [1.82, 2.24) is 0 Å². The summed E-state index contributed by atoms with van der Waals surface area (Å²) in [5.74, 6) is 1.44. The van der Waals surface area contributed by atoms with Crippen LogP contribution >= 0.6 is 15.9 Å². The molecule has 3 atom stereocenters. The van der Waals surface area contributed by atoms with Crippen LogP contribution in [0.5, 0.6) is 0 Å². The molecular weight excluding hydrogens is 276 g/mol. The normalized spacial score (nSPS) is 27.8. The molecule has 1 fully saturated rings. The fourth-order valence-corrected chi connectivity index (χ4v) is 2.98.